The summed E-state index contributed by atoms with van der Waals surface area (Å²) in [5.41, 5.74) is 1.09. The lowest BCUT2D eigenvalue weighted by atomic mass is 10.1. The van der Waals surface area contributed by atoms with E-state index >= 15 is 0 Å². The van der Waals surface area contributed by atoms with Crippen LogP contribution in [0.15, 0.2) is 29.2 Å². The van der Waals surface area contributed by atoms with Gasteiger partial charge < -0.3 is 5.32 Å². The molecular weight excluding hydrogens is 272 g/mol. The molecule has 2 aliphatic rings. The summed E-state index contributed by atoms with van der Waals surface area (Å²) in [6.07, 6.45) is 4.69. The highest BCUT2D eigenvalue weighted by Crippen LogP contribution is 2.45. The average Bonchev–Trinajstić information content (AvgIpc) is 3.29. The van der Waals surface area contributed by atoms with Crippen LogP contribution in [0.25, 0.3) is 0 Å². The minimum Gasteiger partial charge on any atom is -0.316 e. The lowest BCUT2D eigenvalue weighted by molar-refractivity contribution is 0.471. The summed E-state index contributed by atoms with van der Waals surface area (Å²) in [7, 11) is -1.49. The highest BCUT2D eigenvalue weighted by molar-refractivity contribution is 7.89. The van der Waals surface area contributed by atoms with Crippen molar-refractivity contribution in [1.29, 1.82) is 0 Å². The topological polar surface area (TPSA) is 58.2 Å². The third-order valence-electron chi connectivity index (χ3n) is 4.17. The molecule has 0 bridgehead atoms. The fourth-order valence-electron chi connectivity index (χ4n) is 2.73. The second-order valence-corrected chi connectivity index (χ2v) is 7.71. The van der Waals surface area contributed by atoms with Crippen molar-refractivity contribution in [2.45, 2.75) is 43.2 Å². The first-order valence-electron chi connectivity index (χ1n) is 7.36. The Kier molecular flexibility index (Phi) is 3.84. The average molecular weight is 294 g/mol. The van der Waals surface area contributed by atoms with Gasteiger partial charge in [0.2, 0.25) is 10.0 Å². The van der Waals surface area contributed by atoms with Crippen molar-refractivity contribution >= 4 is 10.0 Å². The fraction of sp³-hybridized carbons (Fsp3) is 0.600. The highest BCUT2D eigenvalue weighted by atomic mass is 32.2. The van der Waals surface area contributed by atoms with Gasteiger partial charge in [-0.2, -0.15) is 0 Å². The predicted molar refractivity (Wildman–Crippen MR) is 78.8 cm³/mol. The van der Waals surface area contributed by atoms with Gasteiger partial charge in [-0.05, 0) is 62.3 Å². The van der Waals surface area contributed by atoms with E-state index in [1.165, 1.54) is 25.7 Å². The first-order chi connectivity index (χ1) is 9.60. The molecule has 2 saturated carbocycles. The van der Waals surface area contributed by atoms with Crippen LogP contribution in [0.4, 0.5) is 0 Å². The molecule has 0 atom stereocenters. The van der Waals surface area contributed by atoms with Crippen LogP contribution in [0.5, 0.6) is 0 Å². The van der Waals surface area contributed by atoms with Gasteiger partial charge in [0.25, 0.3) is 0 Å². The van der Waals surface area contributed by atoms with Gasteiger partial charge in [0.1, 0.15) is 0 Å². The molecule has 110 valence electrons. The predicted octanol–water partition coefficient (Wildman–Crippen LogP) is 1.87. The van der Waals surface area contributed by atoms with Crippen LogP contribution >= 0.6 is 0 Å². The first kappa shape index (κ1) is 14.0. The second-order valence-electron chi connectivity index (χ2n) is 6.00. The van der Waals surface area contributed by atoms with Crippen molar-refractivity contribution in [3.8, 4) is 0 Å². The molecule has 0 radical (unpaired) electrons. The van der Waals surface area contributed by atoms with E-state index in [9.17, 15) is 8.42 Å². The molecule has 1 aromatic rings. The Morgan fingerprint density at radius 2 is 1.65 bits per heavy atom. The molecule has 1 aromatic carbocycles. The molecule has 0 amide bonds. The Balaban J connectivity index is 1.73. The van der Waals surface area contributed by atoms with E-state index in [-0.39, 0.29) is 6.04 Å². The Morgan fingerprint density at radius 1 is 1.10 bits per heavy atom. The summed E-state index contributed by atoms with van der Waals surface area (Å²) in [6.45, 7) is 0.751. The van der Waals surface area contributed by atoms with Crippen molar-refractivity contribution in [1.82, 2.24) is 10.0 Å². The zero-order valence-corrected chi connectivity index (χ0v) is 12.6. The molecule has 0 unspecified atom stereocenters. The SMILES string of the molecule is CNCc1ccc(S(=O)(=O)NC(C2CC2)C2CC2)cc1. The Hall–Kier alpha value is -0.910. The van der Waals surface area contributed by atoms with Gasteiger partial charge in [0.15, 0.2) is 0 Å². The lowest BCUT2D eigenvalue weighted by Crippen LogP contribution is -2.38. The highest BCUT2D eigenvalue weighted by Gasteiger charge is 2.43. The molecule has 0 aromatic heterocycles. The normalized spacial score (nSPS) is 19.5. The zero-order valence-electron chi connectivity index (χ0n) is 11.8. The number of hydrogen-bond donors (Lipinski definition) is 2. The van der Waals surface area contributed by atoms with Crippen molar-refractivity contribution in [2.24, 2.45) is 11.8 Å². The monoisotopic (exact) mass is 294 g/mol. The molecule has 2 fully saturated rings. The van der Waals surface area contributed by atoms with Crippen molar-refractivity contribution in [2.75, 3.05) is 7.05 Å². The molecule has 2 aliphatic carbocycles. The van der Waals surface area contributed by atoms with Crippen LogP contribution in [0.1, 0.15) is 31.2 Å². The Labute approximate surface area is 121 Å². The summed E-state index contributed by atoms with van der Waals surface area (Å²) >= 11 is 0. The van der Waals surface area contributed by atoms with E-state index < -0.39 is 10.0 Å². The van der Waals surface area contributed by atoms with Gasteiger partial charge in [0, 0.05) is 12.6 Å². The van der Waals surface area contributed by atoms with Crippen LogP contribution in [0.2, 0.25) is 0 Å². The van der Waals surface area contributed by atoms with E-state index in [4.69, 9.17) is 0 Å². The van der Waals surface area contributed by atoms with Crippen LogP contribution in [0.3, 0.4) is 0 Å². The smallest absolute Gasteiger partial charge is 0.240 e. The Morgan fingerprint density at radius 3 is 2.10 bits per heavy atom. The van der Waals surface area contributed by atoms with E-state index in [2.05, 4.69) is 10.0 Å². The molecule has 0 spiro atoms. The second kappa shape index (κ2) is 5.47. The third-order valence-corrected chi connectivity index (χ3v) is 5.64. The fourth-order valence-corrected chi connectivity index (χ4v) is 4.10. The minimum absolute atomic E-state index is 0.164. The van der Waals surface area contributed by atoms with E-state index in [0.29, 0.717) is 16.7 Å². The van der Waals surface area contributed by atoms with Crippen molar-refractivity contribution < 1.29 is 8.42 Å². The maximum absolute atomic E-state index is 12.4. The van der Waals surface area contributed by atoms with Crippen molar-refractivity contribution in [3.63, 3.8) is 0 Å². The van der Waals surface area contributed by atoms with Gasteiger partial charge in [-0.25, -0.2) is 13.1 Å². The molecule has 0 saturated heterocycles. The number of nitrogens with one attached hydrogen (secondary N) is 2. The summed E-state index contributed by atoms with van der Waals surface area (Å²) in [6, 6.07) is 7.30. The minimum atomic E-state index is -3.37. The van der Waals surface area contributed by atoms with E-state index in [1.54, 1.807) is 12.1 Å². The quantitative estimate of drug-likeness (QED) is 0.807. The van der Waals surface area contributed by atoms with Crippen LogP contribution in [-0.4, -0.2) is 21.5 Å². The molecular formula is C15H22N2O2S. The van der Waals surface area contributed by atoms with Gasteiger partial charge >= 0.3 is 0 Å². The number of sulfonamides is 1. The van der Waals surface area contributed by atoms with Gasteiger partial charge in [-0.1, -0.05) is 12.1 Å². The van der Waals surface area contributed by atoms with Crippen LogP contribution < -0.4 is 10.0 Å². The molecule has 3 rings (SSSR count). The Bertz CT molecular complexity index is 548. The summed E-state index contributed by atoms with van der Waals surface area (Å²) in [5.74, 6) is 1.14. The van der Waals surface area contributed by atoms with E-state index in [0.717, 1.165) is 12.1 Å². The maximum atomic E-state index is 12.4. The number of benzene rings is 1. The third kappa shape index (κ3) is 3.22. The molecule has 5 heteroatoms. The summed E-state index contributed by atoms with van der Waals surface area (Å²) < 4.78 is 27.8. The van der Waals surface area contributed by atoms with Crippen LogP contribution in [-0.2, 0) is 16.6 Å². The number of rotatable bonds is 7. The van der Waals surface area contributed by atoms with Gasteiger partial charge in [0.05, 0.1) is 4.90 Å². The van der Waals surface area contributed by atoms with E-state index in [1.807, 2.05) is 19.2 Å². The van der Waals surface area contributed by atoms with Gasteiger partial charge in [-0.15, -0.1) is 0 Å². The molecule has 20 heavy (non-hydrogen) atoms. The standard InChI is InChI=1S/C15H22N2O2S/c1-16-10-11-2-8-14(9-3-11)20(18,19)17-15(12-4-5-12)13-6-7-13/h2-3,8-9,12-13,15-17H,4-7,10H2,1H3. The maximum Gasteiger partial charge on any atom is 0.240 e. The first-order valence-corrected chi connectivity index (χ1v) is 8.84. The lowest BCUT2D eigenvalue weighted by Gasteiger charge is -2.17. The summed E-state index contributed by atoms with van der Waals surface area (Å²) in [5, 5.41) is 3.06. The van der Waals surface area contributed by atoms with Crippen LogP contribution in [0, 0.1) is 11.8 Å². The summed E-state index contributed by atoms with van der Waals surface area (Å²) in [4.78, 5) is 0.378. The number of hydrogen-bond acceptors (Lipinski definition) is 3. The van der Waals surface area contributed by atoms with Gasteiger partial charge in [-0.3, -0.25) is 0 Å². The molecule has 4 nitrogen and oxygen atoms in total. The molecule has 0 aliphatic heterocycles. The largest absolute Gasteiger partial charge is 0.316 e. The molecule has 2 N–H and O–H groups in total. The zero-order chi connectivity index (χ0) is 14.2. The van der Waals surface area contributed by atoms with Crippen molar-refractivity contribution in [3.05, 3.63) is 29.8 Å². The molecule has 0 heterocycles.